The Morgan fingerprint density at radius 1 is 1.50 bits per heavy atom. The van der Waals surface area contributed by atoms with Crippen molar-refractivity contribution < 1.29 is 5.11 Å². The van der Waals surface area contributed by atoms with Gasteiger partial charge in [-0.05, 0) is 44.4 Å². The van der Waals surface area contributed by atoms with Crippen LogP contribution in [-0.4, -0.2) is 16.7 Å². The van der Waals surface area contributed by atoms with Gasteiger partial charge in [-0.25, -0.2) is 0 Å². The van der Waals surface area contributed by atoms with Crippen LogP contribution in [0.2, 0.25) is 5.02 Å². The SMILES string of the molecule is CC1(C)CC[C@H]([C@H](O)c2cccc(Cl)c2)N1. The van der Waals surface area contributed by atoms with E-state index in [4.69, 9.17) is 11.6 Å². The molecule has 0 amide bonds. The first-order chi connectivity index (χ1) is 7.48. The third-order valence-electron chi connectivity index (χ3n) is 3.23. The number of aliphatic hydroxyl groups is 1. The van der Waals surface area contributed by atoms with E-state index in [0.717, 1.165) is 18.4 Å². The largest absolute Gasteiger partial charge is 0.387 e. The van der Waals surface area contributed by atoms with E-state index in [1.807, 2.05) is 24.3 Å². The van der Waals surface area contributed by atoms with Crippen molar-refractivity contribution >= 4 is 11.6 Å². The summed E-state index contributed by atoms with van der Waals surface area (Å²) in [4.78, 5) is 0. The van der Waals surface area contributed by atoms with Gasteiger partial charge in [0.15, 0.2) is 0 Å². The molecule has 1 heterocycles. The summed E-state index contributed by atoms with van der Waals surface area (Å²) in [5.41, 5.74) is 1.02. The van der Waals surface area contributed by atoms with Crippen molar-refractivity contribution in [1.82, 2.24) is 5.32 Å². The number of rotatable bonds is 2. The lowest BCUT2D eigenvalue weighted by Gasteiger charge is -2.24. The minimum absolute atomic E-state index is 0.129. The zero-order chi connectivity index (χ0) is 11.8. The van der Waals surface area contributed by atoms with E-state index in [0.29, 0.717) is 5.02 Å². The molecule has 1 aromatic carbocycles. The van der Waals surface area contributed by atoms with Crippen LogP contribution in [0.15, 0.2) is 24.3 Å². The van der Waals surface area contributed by atoms with Crippen LogP contribution in [0, 0.1) is 0 Å². The molecule has 0 unspecified atom stereocenters. The molecule has 2 rings (SSSR count). The Morgan fingerprint density at radius 3 is 2.81 bits per heavy atom. The zero-order valence-electron chi connectivity index (χ0n) is 9.70. The molecule has 0 bridgehead atoms. The Kier molecular flexibility index (Phi) is 3.24. The smallest absolute Gasteiger partial charge is 0.0943 e. The Bertz CT molecular complexity index is 378. The maximum Gasteiger partial charge on any atom is 0.0943 e. The van der Waals surface area contributed by atoms with Crippen LogP contribution in [0.3, 0.4) is 0 Å². The predicted octanol–water partition coefficient (Wildman–Crippen LogP) is 2.90. The third kappa shape index (κ3) is 2.57. The summed E-state index contributed by atoms with van der Waals surface area (Å²) < 4.78 is 0. The molecule has 1 saturated heterocycles. The molecule has 2 nitrogen and oxygen atoms in total. The minimum Gasteiger partial charge on any atom is -0.387 e. The van der Waals surface area contributed by atoms with Crippen LogP contribution in [-0.2, 0) is 0 Å². The van der Waals surface area contributed by atoms with Gasteiger partial charge >= 0.3 is 0 Å². The van der Waals surface area contributed by atoms with E-state index in [9.17, 15) is 5.11 Å². The molecule has 0 aliphatic carbocycles. The second-order valence-electron chi connectivity index (χ2n) is 5.17. The average Bonchev–Trinajstić information content (AvgIpc) is 2.58. The summed E-state index contributed by atoms with van der Waals surface area (Å²) >= 11 is 5.92. The Labute approximate surface area is 102 Å². The maximum atomic E-state index is 10.3. The minimum atomic E-state index is -0.472. The molecule has 2 atom stereocenters. The summed E-state index contributed by atoms with van der Waals surface area (Å²) in [6.45, 7) is 4.33. The molecule has 0 aromatic heterocycles. The zero-order valence-corrected chi connectivity index (χ0v) is 10.5. The van der Waals surface area contributed by atoms with Gasteiger partial charge in [-0.15, -0.1) is 0 Å². The fraction of sp³-hybridized carbons (Fsp3) is 0.538. The maximum absolute atomic E-state index is 10.3. The van der Waals surface area contributed by atoms with E-state index in [1.54, 1.807) is 0 Å². The van der Waals surface area contributed by atoms with Gasteiger partial charge in [-0.2, -0.15) is 0 Å². The lowest BCUT2D eigenvalue weighted by Crippen LogP contribution is -2.40. The van der Waals surface area contributed by atoms with E-state index >= 15 is 0 Å². The lowest BCUT2D eigenvalue weighted by molar-refractivity contribution is 0.131. The molecule has 1 fully saturated rings. The Morgan fingerprint density at radius 2 is 2.25 bits per heavy atom. The summed E-state index contributed by atoms with van der Waals surface area (Å²) in [7, 11) is 0. The van der Waals surface area contributed by atoms with Gasteiger partial charge in [0.2, 0.25) is 0 Å². The molecule has 3 heteroatoms. The van der Waals surface area contributed by atoms with Crippen molar-refractivity contribution in [1.29, 1.82) is 0 Å². The Hall–Kier alpha value is -0.570. The summed E-state index contributed by atoms with van der Waals surface area (Å²) in [5, 5.41) is 14.4. The number of halogens is 1. The summed E-state index contributed by atoms with van der Waals surface area (Å²) in [6.07, 6.45) is 1.62. The van der Waals surface area contributed by atoms with E-state index < -0.39 is 6.10 Å². The highest BCUT2D eigenvalue weighted by molar-refractivity contribution is 6.30. The van der Waals surface area contributed by atoms with Crippen LogP contribution in [0.25, 0.3) is 0 Å². The van der Waals surface area contributed by atoms with Crippen molar-refractivity contribution in [3.8, 4) is 0 Å². The number of aliphatic hydroxyl groups excluding tert-OH is 1. The van der Waals surface area contributed by atoms with Gasteiger partial charge < -0.3 is 10.4 Å². The highest BCUT2D eigenvalue weighted by atomic mass is 35.5. The monoisotopic (exact) mass is 239 g/mol. The van der Waals surface area contributed by atoms with Crippen LogP contribution < -0.4 is 5.32 Å². The highest BCUT2D eigenvalue weighted by Gasteiger charge is 2.34. The topological polar surface area (TPSA) is 32.3 Å². The summed E-state index contributed by atoms with van der Waals surface area (Å²) in [5.74, 6) is 0. The second-order valence-corrected chi connectivity index (χ2v) is 5.61. The number of nitrogens with one attached hydrogen (secondary N) is 1. The highest BCUT2D eigenvalue weighted by Crippen LogP contribution is 2.30. The van der Waals surface area contributed by atoms with Gasteiger partial charge in [-0.1, -0.05) is 23.7 Å². The van der Waals surface area contributed by atoms with Crippen LogP contribution in [0.1, 0.15) is 38.4 Å². The van der Waals surface area contributed by atoms with Crippen molar-refractivity contribution in [3.05, 3.63) is 34.9 Å². The number of benzene rings is 1. The van der Waals surface area contributed by atoms with Gasteiger partial charge in [-0.3, -0.25) is 0 Å². The molecule has 88 valence electrons. The first kappa shape index (κ1) is 11.9. The van der Waals surface area contributed by atoms with Crippen molar-refractivity contribution in [2.45, 2.75) is 44.4 Å². The predicted molar refractivity (Wildman–Crippen MR) is 66.6 cm³/mol. The third-order valence-corrected chi connectivity index (χ3v) is 3.46. The normalized spacial score (nSPS) is 25.6. The molecule has 2 N–H and O–H groups in total. The van der Waals surface area contributed by atoms with Gasteiger partial charge in [0.1, 0.15) is 0 Å². The van der Waals surface area contributed by atoms with Crippen LogP contribution >= 0.6 is 11.6 Å². The second kappa shape index (κ2) is 4.36. The quantitative estimate of drug-likeness (QED) is 0.832. The van der Waals surface area contributed by atoms with Crippen LogP contribution in [0.4, 0.5) is 0 Å². The molecule has 0 saturated carbocycles. The lowest BCUT2D eigenvalue weighted by atomic mass is 10.0. The number of hydrogen-bond donors (Lipinski definition) is 2. The molecule has 1 aliphatic rings. The van der Waals surface area contributed by atoms with Crippen molar-refractivity contribution in [2.24, 2.45) is 0 Å². The van der Waals surface area contributed by atoms with Gasteiger partial charge in [0, 0.05) is 16.6 Å². The molecular weight excluding hydrogens is 222 g/mol. The van der Waals surface area contributed by atoms with Crippen molar-refractivity contribution in [2.75, 3.05) is 0 Å². The first-order valence-corrected chi connectivity index (χ1v) is 6.07. The van der Waals surface area contributed by atoms with E-state index in [2.05, 4.69) is 19.2 Å². The molecule has 0 radical (unpaired) electrons. The molecule has 0 spiro atoms. The first-order valence-electron chi connectivity index (χ1n) is 5.69. The Balaban J connectivity index is 2.11. The van der Waals surface area contributed by atoms with Gasteiger partial charge in [0.05, 0.1) is 6.10 Å². The standard InChI is InChI=1S/C13H18ClNO/c1-13(2)7-6-11(15-13)12(16)9-4-3-5-10(14)8-9/h3-5,8,11-12,15-16H,6-7H2,1-2H3/t11-,12-/m1/s1. The van der Waals surface area contributed by atoms with Gasteiger partial charge in [0.25, 0.3) is 0 Å². The van der Waals surface area contributed by atoms with E-state index in [-0.39, 0.29) is 11.6 Å². The molecule has 1 aliphatic heterocycles. The van der Waals surface area contributed by atoms with E-state index in [1.165, 1.54) is 0 Å². The molecule has 1 aromatic rings. The molecule has 16 heavy (non-hydrogen) atoms. The number of hydrogen-bond acceptors (Lipinski definition) is 2. The fourth-order valence-electron chi connectivity index (χ4n) is 2.32. The summed E-state index contributed by atoms with van der Waals surface area (Å²) in [6, 6.07) is 7.58. The average molecular weight is 240 g/mol. The van der Waals surface area contributed by atoms with Crippen molar-refractivity contribution in [3.63, 3.8) is 0 Å². The van der Waals surface area contributed by atoms with Crippen LogP contribution in [0.5, 0.6) is 0 Å². The molecular formula is C13H18ClNO. The fourth-order valence-corrected chi connectivity index (χ4v) is 2.52.